The molecule has 0 unspecified atom stereocenters. The van der Waals surface area contributed by atoms with E-state index in [-0.39, 0.29) is 11.8 Å². The lowest BCUT2D eigenvalue weighted by atomic mass is 9.85. The molecule has 2 aromatic rings. The van der Waals surface area contributed by atoms with Crippen LogP contribution in [0, 0.1) is 5.41 Å². The zero-order valence-electron chi connectivity index (χ0n) is 13.6. The number of aryl methyl sites for hydroxylation is 1. The van der Waals surface area contributed by atoms with Crippen LogP contribution in [0.4, 0.5) is 5.69 Å². The minimum atomic E-state index is -0.446. The van der Waals surface area contributed by atoms with Crippen LogP contribution in [-0.2, 0) is 11.8 Å². The molecule has 0 bridgehead atoms. The van der Waals surface area contributed by atoms with Crippen molar-refractivity contribution in [3.8, 4) is 0 Å². The highest BCUT2D eigenvalue weighted by molar-refractivity contribution is 6.01. The number of hydrogen-bond donors (Lipinski definition) is 0. The maximum absolute atomic E-state index is 13.0. The third-order valence-corrected chi connectivity index (χ3v) is 5.08. The predicted octanol–water partition coefficient (Wildman–Crippen LogP) is 1.08. The zero-order chi connectivity index (χ0) is 16.7. The summed E-state index contributed by atoms with van der Waals surface area (Å²) in [5, 5.41) is 4.15. The largest absolute Gasteiger partial charge is 0.338 e. The van der Waals surface area contributed by atoms with Crippen LogP contribution in [0.2, 0.25) is 0 Å². The van der Waals surface area contributed by atoms with E-state index in [9.17, 15) is 9.59 Å². The summed E-state index contributed by atoms with van der Waals surface area (Å²) >= 11 is 0. The van der Waals surface area contributed by atoms with Crippen molar-refractivity contribution in [2.24, 2.45) is 12.5 Å². The van der Waals surface area contributed by atoms with Gasteiger partial charge >= 0.3 is 0 Å². The van der Waals surface area contributed by atoms with E-state index < -0.39 is 5.41 Å². The lowest BCUT2D eigenvalue weighted by Gasteiger charge is -2.23. The van der Waals surface area contributed by atoms with Crippen molar-refractivity contribution in [2.45, 2.75) is 12.8 Å². The van der Waals surface area contributed by atoms with Gasteiger partial charge in [-0.05, 0) is 25.0 Å². The third kappa shape index (κ3) is 2.28. The van der Waals surface area contributed by atoms with E-state index in [1.165, 1.54) is 0 Å². The Kier molecular flexibility index (Phi) is 3.37. The summed E-state index contributed by atoms with van der Waals surface area (Å²) in [6.45, 7) is 1.79. The van der Waals surface area contributed by atoms with Gasteiger partial charge in [0.05, 0.1) is 17.3 Å². The molecule has 7 heteroatoms. The number of pyridine rings is 1. The number of carbonyl (C=O) groups is 2. The number of rotatable bonds is 2. The molecule has 1 atom stereocenters. The molecule has 0 aliphatic carbocycles. The molecule has 124 valence electrons. The first-order chi connectivity index (χ1) is 11.6. The molecule has 7 nitrogen and oxygen atoms in total. The maximum Gasteiger partial charge on any atom is 0.253 e. The number of nitrogens with zero attached hydrogens (tertiary/aromatic N) is 5. The van der Waals surface area contributed by atoms with Gasteiger partial charge in [0.2, 0.25) is 5.91 Å². The van der Waals surface area contributed by atoms with Gasteiger partial charge < -0.3 is 9.80 Å². The fourth-order valence-corrected chi connectivity index (χ4v) is 3.72. The van der Waals surface area contributed by atoms with Crippen LogP contribution in [0.25, 0.3) is 0 Å². The first kappa shape index (κ1) is 14.9. The van der Waals surface area contributed by atoms with Crippen LogP contribution in [0.1, 0.15) is 23.2 Å². The van der Waals surface area contributed by atoms with Crippen molar-refractivity contribution in [1.29, 1.82) is 0 Å². The molecule has 2 aliphatic heterocycles. The molecule has 2 aromatic heterocycles. The SMILES string of the molecule is Cn1cc(N2CC[C@@]3(CCN(C(=O)c4ccncc4)C3)C2=O)cn1. The number of likely N-dealkylation sites (tertiary alicyclic amines) is 1. The van der Waals surface area contributed by atoms with Crippen LogP contribution in [0.5, 0.6) is 0 Å². The summed E-state index contributed by atoms with van der Waals surface area (Å²) in [4.78, 5) is 33.1. The van der Waals surface area contributed by atoms with Gasteiger partial charge in [-0.2, -0.15) is 5.10 Å². The Hall–Kier alpha value is -2.70. The molecule has 0 radical (unpaired) electrons. The number of aromatic nitrogens is 3. The van der Waals surface area contributed by atoms with Gasteiger partial charge in [0, 0.05) is 50.8 Å². The normalized spacial score (nSPS) is 23.5. The highest BCUT2D eigenvalue weighted by Crippen LogP contribution is 2.42. The number of anilines is 1. The smallest absolute Gasteiger partial charge is 0.253 e. The second-order valence-electron chi connectivity index (χ2n) is 6.57. The third-order valence-electron chi connectivity index (χ3n) is 5.08. The van der Waals surface area contributed by atoms with Gasteiger partial charge in [0.15, 0.2) is 0 Å². The van der Waals surface area contributed by atoms with E-state index >= 15 is 0 Å². The van der Waals surface area contributed by atoms with E-state index in [2.05, 4.69) is 10.1 Å². The molecule has 24 heavy (non-hydrogen) atoms. The van der Waals surface area contributed by atoms with Crippen molar-refractivity contribution >= 4 is 17.5 Å². The van der Waals surface area contributed by atoms with Crippen molar-refractivity contribution in [1.82, 2.24) is 19.7 Å². The van der Waals surface area contributed by atoms with Crippen LogP contribution in [-0.4, -0.2) is 51.1 Å². The molecule has 2 saturated heterocycles. The Bertz CT molecular complexity index is 787. The van der Waals surface area contributed by atoms with Gasteiger partial charge in [0.1, 0.15) is 0 Å². The van der Waals surface area contributed by atoms with Gasteiger partial charge in [-0.25, -0.2) is 0 Å². The minimum Gasteiger partial charge on any atom is -0.338 e. The summed E-state index contributed by atoms with van der Waals surface area (Å²) in [5.41, 5.74) is 1.01. The quantitative estimate of drug-likeness (QED) is 0.828. The monoisotopic (exact) mass is 325 g/mol. The van der Waals surface area contributed by atoms with Crippen LogP contribution >= 0.6 is 0 Å². The molecular formula is C17H19N5O2. The highest BCUT2D eigenvalue weighted by atomic mass is 16.2. The van der Waals surface area contributed by atoms with Crippen LogP contribution in [0.15, 0.2) is 36.9 Å². The lowest BCUT2D eigenvalue weighted by Crippen LogP contribution is -2.38. The molecule has 0 N–H and O–H groups in total. The molecule has 0 saturated carbocycles. The van der Waals surface area contributed by atoms with E-state index in [0.717, 1.165) is 18.5 Å². The Balaban J connectivity index is 1.52. The standard InChI is InChI=1S/C17H19N5O2/c1-20-11-14(10-19-20)22-9-5-17(16(22)24)4-8-21(12-17)15(23)13-2-6-18-7-3-13/h2-3,6-7,10-11H,4-5,8-9,12H2,1H3/t17-/m1/s1. The molecule has 4 heterocycles. The van der Waals surface area contributed by atoms with Gasteiger partial charge in [-0.3, -0.25) is 19.3 Å². The van der Waals surface area contributed by atoms with Gasteiger partial charge in [-0.15, -0.1) is 0 Å². The fourth-order valence-electron chi connectivity index (χ4n) is 3.72. The Morgan fingerprint density at radius 1 is 1.21 bits per heavy atom. The number of carbonyl (C=O) groups excluding carboxylic acids is 2. The second kappa shape index (κ2) is 5.43. The summed E-state index contributed by atoms with van der Waals surface area (Å²) in [5.74, 6) is 0.0856. The van der Waals surface area contributed by atoms with Crippen molar-refractivity contribution < 1.29 is 9.59 Å². The molecule has 1 spiro atoms. The van der Waals surface area contributed by atoms with E-state index in [1.54, 1.807) is 45.2 Å². The van der Waals surface area contributed by atoms with Crippen LogP contribution in [0.3, 0.4) is 0 Å². The molecular weight excluding hydrogens is 306 g/mol. The fraction of sp³-hybridized carbons (Fsp3) is 0.412. The molecule has 2 fully saturated rings. The highest BCUT2D eigenvalue weighted by Gasteiger charge is 2.52. The molecule has 2 aliphatic rings. The summed E-state index contributed by atoms with van der Waals surface area (Å²) in [6.07, 6.45) is 8.30. The van der Waals surface area contributed by atoms with E-state index in [0.29, 0.717) is 25.2 Å². The molecule has 0 aromatic carbocycles. The number of hydrogen-bond acceptors (Lipinski definition) is 4. The van der Waals surface area contributed by atoms with Crippen molar-refractivity contribution in [3.63, 3.8) is 0 Å². The average Bonchev–Trinajstić information content (AvgIpc) is 3.30. The number of amides is 2. The van der Waals surface area contributed by atoms with E-state index in [1.807, 2.05) is 13.2 Å². The maximum atomic E-state index is 13.0. The second-order valence-corrected chi connectivity index (χ2v) is 6.57. The van der Waals surface area contributed by atoms with Gasteiger partial charge in [0.25, 0.3) is 5.91 Å². The topological polar surface area (TPSA) is 71.3 Å². The lowest BCUT2D eigenvalue weighted by molar-refractivity contribution is -0.124. The van der Waals surface area contributed by atoms with Crippen LogP contribution < -0.4 is 4.90 Å². The predicted molar refractivity (Wildman–Crippen MR) is 87.4 cm³/mol. The first-order valence-electron chi connectivity index (χ1n) is 8.09. The Morgan fingerprint density at radius 3 is 2.67 bits per heavy atom. The van der Waals surface area contributed by atoms with Gasteiger partial charge in [-0.1, -0.05) is 0 Å². The minimum absolute atomic E-state index is 0.0260. The molecule has 2 amide bonds. The summed E-state index contributed by atoms with van der Waals surface area (Å²) in [7, 11) is 1.84. The van der Waals surface area contributed by atoms with Crippen molar-refractivity contribution in [3.05, 3.63) is 42.5 Å². The summed E-state index contributed by atoms with van der Waals surface area (Å²) < 4.78 is 1.70. The molecule has 4 rings (SSSR count). The first-order valence-corrected chi connectivity index (χ1v) is 8.09. The van der Waals surface area contributed by atoms with Crippen molar-refractivity contribution in [2.75, 3.05) is 24.5 Å². The Labute approximate surface area is 139 Å². The van der Waals surface area contributed by atoms with E-state index in [4.69, 9.17) is 0 Å². The zero-order valence-corrected chi connectivity index (χ0v) is 13.6. The Morgan fingerprint density at radius 2 is 1.96 bits per heavy atom. The average molecular weight is 325 g/mol. The summed E-state index contributed by atoms with van der Waals surface area (Å²) in [6, 6.07) is 3.43.